The number of anilines is 1. The Balaban J connectivity index is 1.59. The minimum absolute atomic E-state index is 0.281. The highest BCUT2D eigenvalue weighted by atomic mass is 16.1. The highest BCUT2D eigenvalue weighted by Crippen LogP contribution is 2.14. The summed E-state index contributed by atoms with van der Waals surface area (Å²) in [6, 6.07) is 17.7. The van der Waals surface area contributed by atoms with Crippen LogP contribution in [-0.4, -0.2) is 5.91 Å². The zero-order chi connectivity index (χ0) is 20.6. The fraction of sp³-hybridized carbons (Fsp3) is 0.444. The zero-order valence-corrected chi connectivity index (χ0v) is 17.9. The van der Waals surface area contributed by atoms with Gasteiger partial charge in [-0.3, -0.25) is 4.79 Å². The van der Waals surface area contributed by atoms with Gasteiger partial charge in [0, 0.05) is 17.2 Å². The van der Waals surface area contributed by atoms with E-state index in [1.807, 2.05) is 42.5 Å². The Morgan fingerprint density at radius 1 is 0.759 bits per heavy atom. The lowest BCUT2D eigenvalue weighted by molar-refractivity contribution is -0.111. The van der Waals surface area contributed by atoms with Crippen molar-refractivity contribution in [2.24, 2.45) is 0 Å². The van der Waals surface area contributed by atoms with Crippen LogP contribution >= 0.6 is 0 Å². The Morgan fingerprint density at radius 3 is 1.97 bits per heavy atom. The Kier molecular flexibility index (Phi) is 11.4. The number of carbonyl (C=O) groups is 1. The lowest BCUT2D eigenvalue weighted by Gasteiger charge is -2.05. The monoisotopic (exact) mass is 389 g/mol. The minimum Gasteiger partial charge on any atom is -0.315 e. The molecule has 1 amide bonds. The molecule has 154 valence electrons. The van der Waals surface area contributed by atoms with Gasteiger partial charge in [0.15, 0.2) is 0 Å². The van der Waals surface area contributed by atoms with Crippen LogP contribution in [0, 0.1) is 11.8 Å². The van der Waals surface area contributed by atoms with Gasteiger partial charge in [-0.2, -0.15) is 0 Å². The molecule has 0 saturated heterocycles. The largest absolute Gasteiger partial charge is 0.315 e. The van der Waals surface area contributed by atoms with E-state index < -0.39 is 0 Å². The van der Waals surface area contributed by atoms with Crippen LogP contribution in [0.2, 0.25) is 0 Å². The smallest absolute Gasteiger partial charge is 0.300 e. The summed E-state index contributed by atoms with van der Waals surface area (Å²) in [5.74, 6) is 5.23. The van der Waals surface area contributed by atoms with Crippen molar-refractivity contribution in [2.75, 3.05) is 5.32 Å². The highest BCUT2D eigenvalue weighted by Gasteiger charge is 1.99. The SMILES string of the molecule is CCCCCCCCCCCCc1ccc(NC(=O)C#Cc2ccccc2)cc1. The Hall–Kier alpha value is -2.53. The average Bonchev–Trinajstić information content (AvgIpc) is 2.75. The number of aryl methyl sites for hydroxylation is 1. The molecule has 0 aliphatic rings. The fourth-order valence-electron chi connectivity index (χ4n) is 3.38. The topological polar surface area (TPSA) is 29.1 Å². The maximum Gasteiger partial charge on any atom is 0.300 e. The van der Waals surface area contributed by atoms with Crippen LogP contribution in [0.25, 0.3) is 0 Å². The quantitative estimate of drug-likeness (QED) is 0.303. The van der Waals surface area contributed by atoms with Crippen molar-refractivity contribution in [1.82, 2.24) is 0 Å². The van der Waals surface area contributed by atoms with Crippen LogP contribution < -0.4 is 5.32 Å². The van der Waals surface area contributed by atoms with Crippen molar-refractivity contribution in [3.63, 3.8) is 0 Å². The van der Waals surface area contributed by atoms with E-state index in [-0.39, 0.29) is 5.91 Å². The van der Waals surface area contributed by atoms with Gasteiger partial charge in [0.25, 0.3) is 0 Å². The molecule has 0 spiro atoms. The minimum atomic E-state index is -0.281. The number of benzene rings is 2. The first-order valence-electron chi connectivity index (χ1n) is 11.2. The molecule has 0 saturated carbocycles. The summed E-state index contributed by atoms with van der Waals surface area (Å²) in [6.07, 6.45) is 14.7. The Labute approximate surface area is 177 Å². The van der Waals surface area contributed by atoms with Gasteiger partial charge in [-0.05, 0) is 42.7 Å². The van der Waals surface area contributed by atoms with Crippen LogP contribution in [0.1, 0.15) is 82.3 Å². The van der Waals surface area contributed by atoms with E-state index in [0.717, 1.165) is 17.7 Å². The molecule has 2 rings (SSSR count). The Morgan fingerprint density at radius 2 is 1.34 bits per heavy atom. The summed E-state index contributed by atoms with van der Waals surface area (Å²) in [7, 11) is 0. The molecule has 0 atom stereocenters. The second kappa shape index (κ2) is 14.5. The van der Waals surface area contributed by atoms with Crippen LogP contribution in [0.5, 0.6) is 0 Å². The van der Waals surface area contributed by atoms with Crippen molar-refractivity contribution in [1.29, 1.82) is 0 Å². The molecular weight excluding hydrogens is 354 g/mol. The van der Waals surface area contributed by atoms with E-state index in [2.05, 4.69) is 36.2 Å². The standard InChI is InChI=1S/C27H35NO/c1-2-3-4-5-6-7-8-9-10-12-17-25-18-21-26(22-19-25)28-27(29)23-20-24-15-13-11-14-16-24/h11,13-16,18-19,21-22H,2-10,12,17H2,1H3,(H,28,29). The van der Waals surface area contributed by atoms with Gasteiger partial charge in [0.05, 0.1) is 0 Å². The van der Waals surface area contributed by atoms with E-state index >= 15 is 0 Å². The first kappa shape index (κ1) is 22.8. The molecule has 2 nitrogen and oxygen atoms in total. The Bertz CT molecular complexity index is 753. The molecule has 0 aliphatic heterocycles. The van der Waals surface area contributed by atoms with Crippen molar-refractivity contribution in [2.45, 2.75) is 77.6 Å². The number of nitrogens with one attached hydrogen (secondary N) is 1. The van der Waals surface area contributed by atoms with Crippen molar-refractivity contribution < 1.29 is 4.79 Å². The lowest BCUT2D eigenvalue weighted by atomic mass is 10.0. The van der Waals surface area contributed by atoms with E-state index in [1.165, 1.54) is 69.8 Å². The average molecular weight is 390 g/mol. The molecule has 2 aromatic carbocycles. The molecule has 0 bridgehead atoms. The summed E-state index contributed by atoms with van der Waals surface area (Å²) in [4.78, 5) is 12.0. The third-order valence-corrected chi connectivity index (χ3v) is 5.12. The normalized spacial score (nSPS) is 10.2. The number of unbranched alkanes of at least 4 members (excludes halogenated alkanes) is 9. The molecule has 0 aromatic heterocycles. The number of hydrogen-bond donors (Lipinski definition) is 1. The summed E-state index contributed by atoms with van der Waals surface area (Å²) in [5, 5.41) is 2.84. The predicted molar refractivity (Wildman–Crippen MR) is 124 cm³/mol. The molecule has 0 unspecified atom stereocenters. The van der Waals surface area contributed by atoms with Crippen LogP contribution in [-0.2, 0) is 11.2 Å². The number of carbonyl (C=O) groups excluding carboxylic acids is 1. The molecule has 2 heteroatoms. The van der Waals surface area contributed by atoms with Gasteiger partial charge >= 0.3 is 5.91 Å². The van der Waals surface area contributed by atoms with Gasteiger partial charge in [-0.1, -0.05) is 101 Å². The predicted octanol–water partition coefficient (Wildman–Crippen LogP) is 7.14. The van der Waals surface area contributed by atoms with E-state index in [0.29, 0.717) is 0 Å². The summed E-state index contributed by atoms with van der Waals surface area (Å²) >= 11 is 0. The van der Waals surface area contributed by atoms with Gasteiger partial charge in [0.2, 0.25) is 0 Å². The molecule has 0 fully saturated rings. The van der Waals surface area contributed by atoms with Gasteiger partial charge in [0.1, 0.15) is 0 Å². The number of amides is 1. The maximum absolute atomic E-state index is 12.0. The second-order valence-corrected chi connectivity index (χ2v) is 7.70. The molecule has 29 heavy (non-hydrogen) atoms. The summed E-state index contributed by atoms with van der Waals surface area (Å²) in [6.45, 7) is 2.27. The number of rotatable bonds is 12. The van der Waals surface area contributed by atoms with Crippen molar-refractivity contribution in [3.05, 3.63) is 65.7 Å². The molecule has 2 aromatic rings. The molecule has 1 N–H and O–H groups in total. The van der Waals surface area contributed by atoms with Gasteiger partial charge in [-0.15, -0.1) is 0 Å². The van der Waals surface area contributed by atoms with Gasteiger partial charge in [-0.25, -0.2) is 0 Å². The zero-order valence-electron chi connectivity index (χ0n) is 17.9. The molecular formula is C27H35NO. The van der Waals surface area contributed by atoms with Crippen LogP contribution in [0.3, 0.4) is 0 Å². The molecule has 0 aliphatic carbocycles. The van der Waals surface area contributed by atoms with E-state index in [4.69, 9.17) is 0 Å². The number of hydrogen-bond acceptors (Lipinski definition) is 1. The van der Waals surface area contributed by atoms with Crippen molar-refractivity contribution in [3.8, 4) is 11.8 Å². The highest BCUT2D eigenvalue weighted by molar-refractivity contribution is 6.04. The second-order valence-electron chi connectivity index (χ2n) is 7.70. The lowest BCUT2D eigenvalue weighted by Crippen LogP contribution is -2.08. The van der Waals surface area contributed by atoms with E-state index in [9.17, 15) is 4.79 Å². The van der Waals surface area contributed by atoms with Crippen LogP contribution in [0.4, 0.5) is 5.69 Å². The first-order chi connectivity index (χ1) is 14.3. The third-order valence-electron chi connectivity index (χ3n) is 5.12. The van der Waals surface area contributed by atoms with Crippen LogP contribution in [0.15, 0.2) is 54.6 Å². The summed E-state index contributed by atoms with van der Waals surface area (Å²) < 4.78 is 0. The fourth-order valence-corrected chi connectivity index (χ4v) is 3.38. The first-order valence-corrected chi connectivity index (χ1v) is 11.2. The maximum atomic E-state index is 12.0. The van der Waals surface area contributed by atoms with E-state index in [1.54, 1.807) is 0 Å². The van der Waals surface area contributed by atoms with Gasteiger partial charge < -0.3 is 5.32 Å². The third kappa shape index (κ3) is 10.5. The molecule has 0 radical (unpaired) electrons. The van der Waals surface area contributed by atoms with Crippen molar-refractivity contribution >= 4 is 11.6 Å². The summed E-state index contributed by atoms with van der Waals surface area (Å²) in [5.41, 5.74) is 2.97. The molecule has 0 heterocycles.